The maximum absolute atomic E-state index is 11.4. The van der Waals surface area contributed by atoms with Crippen LogP contribution < -0.4 is 5.32 Å². The Balaban J connectivity index is 1.71. The van der Waals surface area contributed by atoms with E-state index in [4.69, 9.17) is 4.74 Å². The minimum absolute atomic E-state index is 0.153. The largest absolute Gasteiger partial charge is 0.383 e. The predicted octanol–water partition coefficient (Wildman–Crippen LogP) is 0.510. The molecule has 2 atom stereocenters. The Kier molecular flexibility index (Phi) is 5.84. The van der Waals surface area contributed by atoms with E-state index in [1.165, 1.54) is 12.8 Å². The highest BCUT2D eigenvalue weighted by atomic mass is 32.2. The number of sulfone groups is 1. The lowest BCUT2D eigenvalue weighted by Gasteiger charge is -2.29. The van der Waals surface area contributed by atoms with Crippen LogP contribution in [-0.4, -0.2) is 70.3 Å². The fourth-order valence-electron chi connectivity index (χ4n) is 2.97. The summed E-state index contributed by atoms with van der Waals surface area (Å²) in [5.74, 6) is 1.50. The molecule has 0 bridgehead atoms. The van der Waals surface area contributed by atoms with E-state index in [2.05, 4.69) is 17.1 Å². The molecule has 1 saturated heterocycles. The van der Waals surface area contributed by atoms with Crippen molar-refractivity contribution in [3.8, 4) is 0 Å². The number of nitrogens with one attached hydrogen (secondary N) is 1. The number of hydrogen-bond donors (Lipinski definition) is 1. The van der Waals surface area contributed by atoms with Crippen LogP contribution in [0.2, 0.25) is 0 Å². The van der Waals surface area contributed by atoms with Crippen LogP contribution in [0.15, 0.2) is 0 Å². The van der Waals surface area contributed by atoms with E-state index in [0.29, 0.717) is 17.5 Å². The van der Waals surface area contributed by atoms with E-state index in [1.807, 2.05) is 0 Å². The molecule has 1 aliphatic carbocycles. The summed E-state index contributed by atoms with van der Waals surface area (Å²) >= 11 is 0. The zero-order valence-corrected chi connectivity index (χ0v) is 13.5. The van der Waals surface area contributed by atoms with Crippen molar-refractivity contribution < 1.29 is 13.2 Å². The van der Waals surface area contributed by atoms with Gasteiger partial charge in [0.1, 0.15) is 0 Å². The van der Waals surface area contributed by atoms with E-state index >= 15 is 0 Å². The molecule has 2 aliphatic rings. The molecule has 118 valence electrons. The van der Waals surface area contributed by atoms with Gasteiger partial charge >= 0.3 is 0 Å². The smallest absolute Gasteiger partial charge is 0.151 e. The zero-order valence-electron chi connectivity index (χ0n) is 12.7. The monoisotopic (exact) mass is 304 g/mol. The average Bonchev–Trinajstić information content (AvgIpc) is 3.18. The number of nitrogens with zero attached hydrogens (tertiary/aromatic N) is 1. The van der Waals surface area contributed by atoms with E-state index in [9.17, 15) is 8.42 Å². The number of methoxy groups -OCH3 is 1. The molecule has 0 aromatic rings. The molecule has 0 spiro atoms. The highest BCUT2D eigenvalue weighted by Gasteiger charge is 2.32. The molecular formula is C14H28N2O3S. The molecule has 1 saturated carbocycles. The Hall–Kier alpha value is -0.170. The maximum Gasteiger partial charge on any atom is 0.151 e. The van der Waals surface area contributed by atoms with Crippen molar-refractivity contribution in [3.05, 3.63) is 0 Å². The zero-order chi connectivity index (χ0) is 14.6. The van der Waals surface area contributed by atoms with E-state index in [1.54, 1.807) is 7.11 Å². The second kappa shape index (κ2) is 7.20. The Morgan fingerprint density at radius 2 is 2.05 bits per heavy atom. The molecule has 2 rings (SSSR count). The van der Waals surface area contributed by atoms with Crippen molar-refractivity contribution in [2.24, 2.45) is 5.92 Å². The topological polar surface area (TPSA) is 58.6 Å². The highest BCUT2D eigenvalue weighted by molar-refractivity contribution is 7.91. The van der Waals surface area contributed by atoms with Gasteiger partial charge in [-0.1, -0.05) is 0 Å². The summed E-state index contributed by atoms with van der Waals surface area (Å²) in [5, 5.41) is 3.40. The predicted molar refractivity (Wildman–Crippen MR) is 80.7 cm³/mol. The third-order valence-electron chi connectivity index (χ3n) is 4.53. The van der Waals surface area contributed by atoms with E-state index in [-0.39, 0.29) is 6.04 Å². The first-order chi connectivity index (χ1) is 9.52. The lowest BCUT2D eigenvalue weighted by atomic mass is 10.2. The third kappa shape index (κ3) is 4.98. The number of ether oxygens (including phenoxy) is 1. The van der Waals surface area contributed by atoms with Crippen LogP contribution in [0.3, 0.4) is 0 Å². The molecule has 2 unspecified atom stereocenters. The molecule has 1 N–H and O–H groups in total. The molecular weight excluding hydrogens is 276 g/mol. The van der Waals surface area contributed by atoms with Gasteiger partial charge in [-0.2, -0.15) is 0 Å². The Bertz CT molecular complexity index is 395. The Morgan fingerprint density at radius 1 is 1.30 bits per heavy atom. The van der Waals surface area contributed by atoms with Crippen molar-refractivity contribution in [3.63, 3.8) is 0 Å². The van der Waals surface area contributed by atoms with E-state index < -0.39 is 9.84 Å². The third-order valence-corrected chi connectivity index (χ3v) is 6.30. The number of hydrogen-bond acceptors (Lipinski definition) is 5. The second-order valence-electron chi connectivity index (χ2n) is 6.16. The van der Waals surface area contributed by atoms with Crippen LogP contribution in [0.25, 0.3) is 0 Å². The first-order valence-corrected chi connectivity index (χ1v) is 9.51. The molecule has 1 heterocycles. The Labute approximate surface area is 123 Å². The standard InChI is InChI=1S/C14H28N2O3S/c1-12(13-3-4-13)16(8-9-19-2)7-6-15-14-5-10-20(17,18)11-14/h12-15H,3-11H2,1-2H3. The van der Waals surface area contributed by atoms with Crippen LogP contribution >= 0.6 is 0 Å². The molecule has 0 aromatic heterocycles. The fourth-order valence-corrected chi connectivity index (χ4v) is 4.68. The molecule has 20 heavy (non-hydrogen) atoms. The first kappa shape index (κ1) is 16.2. The van der Waals surface area contributed by atoms with Gasteiger partial charge in [-0.05, 0) is 32.1 Å². The molecule has 0 aromatic carbocycles. The highest BCUT2D eigenvalue weighted by Crippen LogP contribution is 2.34. The van der Waals surface area contributed by atoms with Gasteiger partial charge in [0.15, 0.2) is 9.84 Å². The normalized spacial score (nSPS) is 27.1. The van der Waals surface area contributed by atoms with Gasteiger partial charge in [-0.15, -0.1) is 0 Å². The van der Waals surface area contributed by atoms with Crippen molar-refractivity contribution in [2.45, 2.75) is 38.3 Å². The van der Waals surface area contributed by atoms with Gasteiger partial charge in [-0.25, -0.2) is 8.42 Å². The number of rotatable bonds is 9. The first-order valence-electron chi connectivity index (χ1n) is 7.68. The van der Waals surface area contributed by atoms with Crippen LogP contribution in [0.5, 0.6) is 0 Å². The molecule has 2 fully saturated rings. The Morgan fingerprint density at radius 3 is 2.60 bits per heavy atom. The van der Waals surface area contributed by atoms with Crippen molar-refractivity contribution in [2.75, 3.05) is 44.9 Å². The second-order valence-corrected chi connectivity index (χ2v) is 8.39. The fraction of sp³-hybridized carbons (Fsp3) is 1.00. The molecule has 5 nitrogen and oxygen atoms in total. The minimum atomic E-state index is -2.78. The quantitative estimate of drug-likeness (QED) is 0.672. The average molecular weight is 304 g/mol. The van der Waals surface area contributed by atoms with Crippen LogP contribution in [0.4, 0.5) is 0 Å². The lowest BCUT2D eigenvalue weighted by molar-refractivity contribution is 0.117. The van der Waals surface area contributed by atoms with Gasteiger partial charge in [0.25, 0.3) is 0 Å². The summed E-state index contributed by atoms with van der Waals surface area (Å²) in [6, 6.07) is 0.764. The van der Waals surface area contributed by atoms with Crippen LogP contribution in [0.1, 0.15) is 26.2 Å². The van der Waals surface area contributed by atoms with Gasteiger partial charge in [0, 0.05) is 38.8 Å². The maximum atomic E-state index is 11.4. The van der Waals surface area contributed by atoms with Crippen molar-refractivity contribution in [1.29, 1.82) is 0 Å². The van der Waals surface area contributed by atoms with Crippen molar-refractivity contribution in [1.82, 2.24) is 10.2 Å². The summed E-state index contributed by atoms with van der Waals surface area (Å²) < 4.78 is 28.0. The summed E-state index contributed by atoms with van der Waals surface area (Å²) in [4.78, 5) is 2.47. The molecule has 6 heteroatoms. The lowest BCUT2D eigenvalue weighted by Crippen LogP contribution is -2.43. The summed E-state index contributed by atoms with van der Waals surface area (Å²) in [7, 11) is -1.04. The molecule has 1 aliphatic heterocycles. The summed E-state index contributed by atoms with van der Waals surface area (Å²) in [6.45, 7) is 5.85. The van der Waals surface area contributed by atoms with Crippen LogP contribution in [-0.2, 0) is 14.6 Å². The van der Waals surface area contributed by atoms with Crippen molar-refractivity contribution >= 4 is 9.84 Å². The SMILES string of the molecule is COCCN(CCNC1CCS(=O)(=O)C1)C(C)C1CC1. The minimum Gasteiger partial charge on any atom is -0.383 e. The molecule has 0 radical (unpaired) electrons. The van der Waals surface area contributed by atoms with Gasteiger partial charge < -0.3 is 10.1 Å². The van der Waals surface area contributed by atoms with Gasteiger partial charge in [0.05, 0.1) is 18.1 Å². The van der Waals surface area contributed by atoms with Gasteiger partial charge in [-0.3, -0.25) is 4.90 Å². The van der Waals surface area contributed by atoms with E-state index in [0.717, 1.165) is 38.6 Å². The summed E-state index contributed by atoms with van der Waals surface area (Å²) in [5.41, 5.74) is 0. The van der Waals surface area contributed by atoms with Crippen LogP contribution in [0, 0.1) is 5.92 Å². The summed E-state index contributed by atoms with van der Waals surface area (Å²) in [6.07, 6.45) is 3.45. The van der Waals surface area contributed by atoms with Gasteiger partial charge in [0.2, 0.25) is 0 Å². The molecule has 0 amide bonds.